The predicted molar refractivity (Wildman–Crippen MR) is 36.2 cm³/mol. The van der Waals surface area contributed by atoms with Crippen molar-refractivity contribution in [2.24, 2.45) is 0 Å². The molecule has 0 saturated carbocycles. The van der Waals surface area contributed by atoms with Gasteiger partial charge in [-0.3, -0.25) is 4.79 Å². The van der Waals surface area contributed by atoms with Gasteiger partial charge in [0.25, 0.3) is 0 Å². The summed E-state index contributed by atoms with van der Waals surface area (Å²) in [4.78, 5) is 10.4. The maximum absolute atomic E-state index is 10.4. The van der Waals surface area contributed by atoms with Crippen LogP contribution >= 0.6 is 11.6 Å². The topological polar surface area (TPSA) is 26.3 Å². The minimum absolute atomic E-state index is 0.0595. The average molecular weight is 149 g/mol. The summed E-state index contributed by atoms with van der Waals surface area (Å²) >= 11 is 5.11. The lowest BCUT2D eigenvalue weighted by Crippen LogP contribution is -2.00. The first-order valence-electron chi connectivity index (χ1n) is 2.63. The molecule has 0 aromatic rings. The van der Waals surface area contributed by atoms with Crippen molar-refractivity contribution in [1.29, 1.82) is 0 Å². The number of hydrogen-bond donors (Lipinski definition) is 0. The zero-order valence-corrected chi connectivity index (χ0v) is 5.86. The van der Waals surface area contributed by atoms with E-state index in [1.54, 1.807) is 6.08 Å². The lowest BCUT2D eigenvalue weighted by Gasteiger charge is -1.95. The molecular weight excluding hydrogens is 140 g/mol. The van der Waals surface area contributed by atoms with E-state index in [2.05, 4.69) is 11.3 Å². The number of halogens is 1. The summed E-state index contributed by atoms with van der Waals surface area (Å²) in [6.45, 7) is 3.45. The third-order valence-electron chi connectivity index (χ3n) is 0.768. The van der Waals surface area contributed by atoms with E-state index in [0.717, 1.165) is 0 Å². The van der Waals surface area contributed by atoms with Gasteiger partial charge in [-0.1, -0.05) is 17.7 Å². The molecule has 0 radical (unpaired) electrons. The molecule has 3 heteroatoms. The molecule has 0 fully saturated rings. The number of hydrogen-bond acceptors (Lipinski definition) is 2. The highest BCUT2D eigenvalue weighted by Crippen LogP contribution is 1.93. The standard InChI is InChI=1S/C6H9ClO2/c1-2-3-4-6(8)9-5-7/h2H,1,3-5H2. The summed E-state index contributed by atoms with van der Waals surface area (Å²) in [7, 11) is 0. The minimum atomic E-state index is -0.273. The van der Waals surface area contributed by atoms with Crippen molar-refractivity contribution in [2.45, 2.75) is 12.8 Å². The van der Waals surface area contributed by atoms with E-state index >= 15 is 0 Å². The first-order chi connectivity index (χ1) is 4.31. The molecule has 0 saturated heterocycles. The van der Waals surface area contributed by atoms with Gasteiger partial charge >= 0.3 is 5.97 Å². The van der Waals surface area contributed by atoms with Gasteiger partial charge in [-0.15, -0.1) is 6.58 Å². The summed E-state index contributed by atoms with van der Waals surface area (Å²) in [5.74, 6) is -0.273. The number of carbonyl (C=O) groups excluding carboxylic acids is 1. The molecule has 0 atom stereocenters. The number of ether oxygens (including phenoxy) is 1. The van der Waals surface area contributed by atoms with Crippen molar-refractivity contribution in [1.82, 2.24) is 0 Å². The Morgan fingerprint density at radius 2 is 2.44 bits per heavy atom. The van der Waals surface area contributed by atoms with Gasteiger partial charge in [0.05, 0.1) is 0 Å². The minimum Gasteiger partial charge on any atom is -0.449 e. The second kappa shape index (κ2) is 5.63. The van der Waals surface area contributed by atoms with Gasteiger partial charge in [0.1, 0.15) is 0 Å². The molecule has 0 aromatic heterocycles. The third-order valence-corrected chi connectivity index (χ3v) is 0.877. The molecule has 0 heterocycles. The summed E-state index contributed by atoms with van der Waals surface area (Å²) in [5.41, 5.74) is 0. The first-order valence-corrected chi connectivity index (χ1v) is 3.17. The molecule has 0 aliphatic heterocycles. The molecule has 0 spiro atoms. The monoisotopic (exact) mass is 148 g/mol. The Morgan fingerprint density at radius 1 is 1.78 bits per heavy atom. The van der Waals surface area contributed by atoms with Gasteiger partial charge in [0.15, 0.2) is 6.07 Å². The van der Waals surface area contributed by atoms with E-state index in [0.29, 0.717) is 12.8 Å². The number of carbonyl (C=O) groups is 1. The number of alkyl halides is 1. The number of esters is 1. The lowest BCUT2D eigenvalue weighted by molar-refractivity contribution is -0.141. The summed E-state index contributed by atoms with van der Waals surface area (Å²) < 4.78 is 4.42. The molecule has 0 unspecified atom stereocenters. The maximum atomic E-state index is 10.4. The van der Waals surface area contributed by atoms with Crippen LogP contribution in [0.5, 0.6) is 0 Å². The van der Waals surface area contributed by atoms with Crippen molar-refractivity contribution in [3.05, 3.63) is 12.7 Å². The van der Waals surface area contributed by atoms with Crippen LogP contribution < -0.4 is 0 Å². The first kappa shape index (κ1) is 8.50. The van der Waals surface area contributed by atoms with Crippen LogP contribution in [-0.4, -0.2) is 12.0 Å². The van der Waals surface area contributed by atoms with Crippen LogP contribution in [0.3, 0.4) is 0 Å². The Hall–Kier alpha value is -0.500. The quantitative estimate of drug-likeness (QED) is 0.345. The maximum Gasteiger partial charge on any atom is 0.307 e. The van der Waals surface area contributed by atoms with Crippen molar-refractivity contribution in [2.75, 3.05) is 6.07 Å². The second-order valence-electron chi connectivity index (χ2n) is 1.45. The molecule has 0 rings (SSSR count). The largest absolute Gasteiger partial charge is 0.449 e. The third kappa shape index (κ3) is 5.37. The van der Waals surface area contributed by atoms with Gasteiger partial charge in [0, 0.05) is 6.42 Å². The Labute approximate surface area is 59.5 Å². The van der Waals surface area contributed by atoms with E-state index in [1.165, 1.54) is 0 Å². The van der Waals surface area contributed by atoms with Gasteiger partial charge in [-0.2, -0.15) is 0 Å². The Kier molecular flexibility index (Phi) is 5.32. The summed E-state index contributed by atoms with van der Waals surface area (Å²) in [6.07, 6.45) is 2.68. The average Bonchev–Trinajstić information content (AvgIpc) is 1.85. The molecule has 0 aliphatic rings. The van der Waals surface area contributed by atoms with Gasteiger partial charge in [0.2, 0.25) is 0 Å². The van der Waals surface area contributed by atoms with E-state index in [4.69, 9.17) is 11.6 Å². The van der Waals surface area contributed by atoms with Crippen molar-refractivity contribution < 1.29 is 9.53 Å². The zero-order chi connectivity index (χ0) is 7.11. The molecular formula is C6H9ClO2. The second-order valence-corrected chi connectivity index (χ2v) is 1.67. The SMILES string of the molecule is C=CCCC(=O)OCCl. The molecule has 2 nitrogen and oxygen atoms in total. The van der Waals surface area contributed by atoms with Crippen molar-refractivity contribution >= 4 is 17.6 Å². The Morgan fingerprint density at radius 3 is 2.89 bits per heavy atom. The van der Waals surface area contributed by atoms with Crippen LogP contribution in [0.15, 0.2) is 12.7 Å². The fraction of sp³-hybridized carbons (Fsp3) is 0.500. The van der Waals surface area contributed by atoms with Gasteiger partial charge in [-0.05, 0) is 6.42 Å². The molecule has 0 amide bonds. The highest BCUT2D eigenvalue weighted by Gasteiger charge is 1.97. The van der Waals surface area contributed by atoms with Crippen LogP contribution in [0.4, 0.5) is 0 Å². The molecule has 0 N–H and O–H groups in total. The van der Waals surface area contributed by atoms with Crippen LogP contribution in [-0.2, 0) is 9.53 Å². The van der Waals surface area contributed by atoms with E-state index in [9.17, 15) is 4.79 Å². The Balaban J connectivity index is 3.16. The highest BCUT2D eigenvalue weighted by molar-refractivity contribution is 6.17. The molecule has 0 bridgehead atoms. The van der Waals surface area contributed by atoms with Crippen molar-refractivity contribution in [3.63, 3.8) is 0 Å². The number of rotatable bonds is 4. The fourth-order valence-corrected chi connectivity index (χ4v) is 0.475. The number of allylic oxidation sites excluding steroid dienone is 1. The summed E-state index contributed by atoms with van der Waals surface area (Å²) in [6, 6.07) is -0.0595. The predicted octanol–water partition coefficient (Wildman–Crippen LogP) is 1.69. The van der Waals surface area contributed by atoms with E-state index < -0.39 is 0 Å². The van der Waals surface area contributed by atoms with Crippen LogP contribution in [0.2, 0.25) is 0 Å². The normalized spacial score (nSPS) is 8.56. The molecule has 0 aromatic carbocycles. The molecule has 0 aliphatic carbocycles. The van der Waals surface area contributed by atoms with Crippen molar-refractivity contribution in [3.8, 4) is 0 Å². The fourth-order valence-electron chi connectivity index (χ4n) is 0.353. The van der Waals surface area contributed by atoms with E-state index in [-0.39, 0.29) is 12.0 Å². The summed E-state index contributed by atoms with van der Waals surface area (Å²) in [5, 5.41) is 0. The van der Waals surface area contributed by atoms with E-state index in [1.807, 2.05) is 0 Å². The highest BCUT2D eigenvalue weighted by atomic mass is 35.5. The van der Waals surface area contributed by atoms with Gasteiger partial charge < -0.3 is 4.74 Å². The smallest absolute Gasteiger partial charge is 0.307 e. The van der Waals surface area contributed by atoms with Gasteiger partial charge in [-0.25, -0.2) is 0 Å². The molecule has 52 valence electrons. The van der Waals surface area contributed by atoms with Crippen LogP contribution in [0, 0.1) is 0 Å². The zero-order valence-electron chi connectivity index (χ0n) is 5.10. The molecule has 9 heavy (non-hydrogen) atoms. The van der Waals surface area contributed by atoms with Crippen LogP contribution in [0.25, 0.3) is 0 Å². The lowest BCUT2D eigenvalue weighted by atomic mass is 10.3. The Bertz CT molecular complexity index is 101. The van der Waals surface area contributed by atoms with Crippen LogP contribution in [0.1, 0.15) is 12.8 Å².